The Morgan fingerprint density at radius 2 is 2.04 bits per heavy atom. The van der Waals surface area contributed by atoms with Gasteiger partial charge in [-0.25, -0.2) is 4.68 Å². The second-order valence-corrected chi connectivity index (χ2v) is 5.47. The zero-order valence-corrected chi connectivity index (χ0v) is 12.9. The number of hydrogen-bond donors (Lipinski definition) is 2. The average Bonchev–Trinajstić information content (AvgIpc) is 2.97. The fourth-order valence-electron chi connectivity index (χ4n) is 2.78. The number of pyridine rings is 1. The van der Waals surface area contributed by atoms with Crippen LogP contribution in [0.2, 0.25) is 0 Å². The number of benzene rings is 2. The molecule has 0 bridgehead atoms. The van der Waals surface area contributed by atoms with Gasteiger partial charge in [-0.2, -0.15) is 0 Å². The summed E-state index contributed by atoms with van der Waals surface area (Å²) in [6.07, 6.45) is 1.73. The second-order valence-electron chi connectivity index (χ2n) is 5.47. The summed E-state index contributed by atoms with van der Waals surface area (Å²) in [6, 6.07) is 14.4. The molecule has 2 aromatic heterocycles. The predicted octanol–water partition coefficient (Wildman–Crippen LogP) is 2.23. The van der Waals surface area contributed by atoms with Gasteiger partial charge in [-0.3, -0.25) is 19.7 Å². The van der Waals surface area contributed by atoms with Crippen molar-refractivity contribution in [3.8, 4) is 5.69 Å². The van der Waals surface area contributed by atoms with E-state index in [9.17, 15) is 9.59 Å². The molecule has 2 N–H and O–H groups in total. The van der Waals surface area contributed by atoms with E-state index in [1.165, 1.54) is 4.68 Å². The summed E-state index contributed by atoms with van der Waals surface area (Å²) in [4.78, 5) is 28.7. The van der Waals surface area contributed by atoms with Gasteiger partial charge in [0.25, 0.3) is 11.5 Å². The average molecular weight is 318 g/mol. The minimum absolute atomic E-state index is 0.195. The van der Waals surface area contributed by atoms with Gasteiger partial charge in [-0.1, -0.05) is 6.07 Å². The topological polar surface area (TPSA) is 79.8 Å². The lowest BCUT2D eigenvalue weighted by atomic mass is 10.1. The molecule has 0 spiro atoms. The number of nitrogens with zero attached hydrogens (tertiary/aromatic N) is 2. The summed E-state index contributed by atoms with van der Waals surface area (Å²) in [5, 5.41) is 7.07. The Bertz CT molecular complexity index is 1140. The molecule has 0 aliphatic rings. The highest BCUT2D eigenvalue weighted by molar-refractivity contribution is 5.97. The molecule has 4 rings (SSSR count). The number of carbonyl (C=O) groups excluding carboxylic acids is 1. The Morgan fingerprint density at radius 3 is 2.88 bits per heavy atom. The van der Waals surface area contributed by atoms with Crippen molar-refractivity contribution in [3.63, 3.8) is 0 Å². The monoisotopic (exact) mass is 318 g/mol. The minimum atomic E-state index is -0.221. The Balaban J connectivity index is 1.91. The van der Waals surface area contributed by atoms with Crippen LogP contribution in [0, 0.1) is 0 Å². The Labute approximate surface area is 136 Å². The van der Waals surface area contributed by atoms with Crippen LogP contribution in [-0.4, -0.2) is 27.7 Å². The van der Waals surface area contributed by atoms with Gasteiger partial charge in [0.05, 0.1) is 22.1 Å². The van der Waals surface area contributed by atoms with Crippen LogP contribution in [0.4, 0.5) is 0 Å². The molecule has 4 aromatic rings. The number of amides is 1. The van der Waals surface area contributed by atoms with Crippen LogP contribution in [0.1, 0.15) is 10.4 Å². The summed E-state index contributed by atoms with van der Waals surface area (Å²) < 4.78 is 1.48. The van der Waals surface area contributed by atoms with Crippen molar-refractivity contribution in [2.75, 3.05) is 7.05 Å². The molecule has 1 amide bonds. The lowest BCUT2D eigenvalue weighted by Crippen LogP contribution is -2.18. The van der Waals surface area contributed by atoms with E-state index in [2.05, 4.69) is 15.4 Å². The quantitative estimate of drug-likeness (QED) is 0.595. The highest BCUT2D eigenvalue weighted by Gasteiger charge is 2.12. The number of aromatic amines is 1. The zero-order chi connectivity index (χ0) is 16.7. The van der Waals surface area contributed by atoms with Crippen molar-refractivity contribution in [1.29, 1.82) is 0 Å². The molecule has 0 radical (unpaired) electrons. The molecule has 2 aromatic carbocycles. The summed E-state index contributed by atoms with van der Waals surface area (Å²) in [5.74, 6) is -0.221. The summed E-state index contributed by atoms with van der Waals surface area (Å²) in [6.45, 7) is 0. The number of aromatic nitrogens is 3. The molecule has 2 heterocycles. The van der Waals surface area contributed by atoms with Crippen molar-refractivity contribution in [2.24, 2.45) is 0 Å². The van der Waals surface area contributed by atoms with Crippen molar-refractivity contribution < 1.29 is 4.79 Å². The van der Waals surface area contributed by atoms with E-state index in [1.807, 2.05) is 30.3 Å². The Morgan fingerprint density at radius 1 is 1.17 bits per heavy atom. The molecule has 118 valence electrons. The normalized spacial score (nSPS) is 11.0. The first kappa shape index (κ1) is 14.2. The van der Waals surface area contributed by atoms with Crippen LogP contribution in [0.15, 0.2) is 59.5 Å². The standard InChI is InChI=1S/C18H14N4O2/c1-19-17(23)12-4-6-16-14(10-12)18(24)22(21-16)13-5-7-15-11(9-13)3-2-8-20-15/h2-10,21H,1H3,(H,19,23). The molecule has 0 aliphatic carbocycles. The van der Waals surface area contributed by atoms with Crippen LogP contribution in [0.25, 0.3) is 27.5 Å². The van der Waals surface area contributed by atoms with Gasteiger partial charge in [0.15, 0.2) is 0 Å². The van der Waals surface area contributed by atoms with Crippen molar-refractivity contribution in [2.45, 2.75) is 0 Å². The maximum atomic E-state index is 12.7. The van der Waals surface area contributed by atoms with E-state index in [4.69, 9.17) is 0 Å². The van der Waals surface area contributed by atoms with E-state index >= 15 is 0 Å². The lowest BCUT2D eigenvalue weighted by Gasteiger charge is -2.03. The molecule has 6 heteroatoms. The zero-order valence-electron chi connectivity index (χ0n) is 12.9. The third-order valence-electron chi connectivity index (χ3n) is 4.02. The SMILES string of the molecule is CNC(=O)c1ccc2[nH]n(-c3ccc4ncccc4c3)c(=O)c2c1. The van der Waals surface area contributed by atoms with E-state index < -0.39 is 0 Å². The lowest BCUT2D eigenvalue weighted by molar-refractivity contribution is 0.0963. The first-order chi connectivity index (χ1) is 11.7. The fourth-order valence-corrected chi connectivity index (χ4v) is 2.78. The molecule has 6 nitrogen and oxygen atoms in total. The van der Waals surface area contributed by atoms with Crippen molar-refractivity contribution >= 4 is 27.7 Å². The molecule has 0 fully saturated rings. The fraction of sp³-hybridized carbons (Fsp3) is 0.0556. The molecule has 0 aliphatic heterocycles. The number of nitrogens with one attached hydrogen (secondary N) is 2. The van der Waals surface area contributed by atoms with Gasteiger partial charge in [-0.15, -0.1) is 0 Å². The smallest absolute Gasteiger partial charge is 0.279 e. The third-order valence-corrected chi connectivity index (χ3v) is 4.02. The van der Waals surface area contributed by atoms with Gasteiger partial charge in [0.2, 0.25) is 0 Å². The van der Waals surface area contributed by atoms with E-state index in [0.29, 0.717) is 16.5 Å². The van der Waals surface area contributed by atoms with Crippen LogP contribution in [0.5, 0.6) is 0 Å². The molecule has 0 unspecified atom stereocenters. The van der Waals surface area contributed by atoms with Gasteiger partial charge in [-0.05, 0) is 42.5 Å². The van der Waals surface area contributed by atoms with Crippen LogP contribution in [0.3, 0.4) is 0 Å². The third kappa shape index (κ3) is 2.16. The van der Waals surface area contributed by atoms with Crippen LogP contribution < -0.4 is 10.9 Å². The summed E-state index contributed by atoms with van der Waals surface area (Å²) in [5.41, 5.74) is 2.53. The van der Waals surface area contributed by atoms with E-state index in [1.54, 1.807) is 31.4 Å². The first-order valence-corrected chi connectivity index (χ1v) is 7.49. The molecular formula is C18H14N4O2. The van der Waals surface area contributed by atoms with Gasteiger partial charge in [0, 0.05) is 24.2 Å². The second kappa shape index (κ2) is 5.34. The number of rotatable bonds is 2. The number of carbonyl (C=O) groups is 1. The molecule has 24 heavy (non-hydrogen) atoms. The summed E-state index contributed by atoms with van der Waals surface area (Å²) >= 11 is 0. The number of H-pyrrole nitrogens is 1. The summed E-state index contributed by atoms with van der Waals surface area (Å²) in [7, 11) is 1.56. The van der Waals surface area contributed by atoms with Crippen LogP contribution >= 0.6 is 0 Å². The van der Waals surface area contributed by atoms with Gasteiger partial charge in [0.1, 0.15) is 0 Å². The van der Waals surface area contributed by atoms with Crippen molar-refractivity contribution in [1.82, 2.24) is 20.1 Å². The highest BCUT2D eigenvalue weighted by Crippen LogP contribution is 2.17. The first-order valence-electron chi connectivity index (χ1n) is 7.49. The van der Waals surface area contributed by atoms with E-state index in [0.717, 1.165) is 16.6 Å². The highest BCUT2D eigenvalue weighted by atomic mass is 16.1. The molecule has 0 saturated carbocycles. The molecular weight excluding hydrogens is 304 g/mol. The molecule has 0 saturated heterocycles. The number of hydrogen-bond acceptors (Lipinski definition) is 3. The largest absolute Gasteiger partial charge is 0.355 e. The Hall–Kier alpha value is -3.41. The number of fused-ring (bicyclic) bond motifs is 2. The van der Waals surface area contributed by atoms with E-state index in [-0.39, 0.29) is 11.5 Å². The maximum absolute atomic E-state index is 12.7. The maximum Gasteiger partial charge on any atom is 0.279 e. The predicted molar refractivity (Wildman–Crippen MR) is 92.6 cm³/mol. The minimum Gasteiger partial charge on any atom is -0.355 e. The Kier molecular flexibility index (Phi) is 3.16. The molecule has 0 atom stereocenters. The van der Waals surface area contributed by atoms with Gasteiger partial charge < -0.3 is 5.32 Å². The van der Waals surface area contributed by atoms with Gasteiger partial charge >= 0.3 is 0 Å². The van der Waals surface area contributed by atoms with Crippen molar-refractivity contribution in [3.05, 3.63) is 70.6 Å². The van der Waals surface area contributed by atoms with Crippen LogP contribution in [-0.2, 0) is 0 Å².